The van der Waals surface area contributed by atoms with Crippen LogP contribution in [0.4, 0.5) is 0 Å². The second-order valence-corrected chi connectivity index (χ2v) is 6.35. The van der Waals surface area contributed by atoms with Crippen molar-refractivity contribution in [2.45, 2.75) is 6.42 Å². The molecule has 0 saturated carbocycles. The fourth-order valence-electron chi connectivity index (χ4n) is 3.18. The normalized spacial score (nSPS) is 12.9. The molecule has 6 nitrogen and oxygen atoms in total. The molecule has 0 aliphatic carbocycles. The Bertz CT molecular complexity index is 1050. The molecule has 0 radical (unpaired) electrons. The average molecular weight is 376 g/mol. The van der Waals surface area contributed by atoms with Crippen LogP contribution in [-0.2, 0) is 11.2 Å². The molecule has 3 aromatic carbocycles. The predicted octanol–water partition coefficient (Wildman–Crippen LogP) is 3.31. The zero-order valence-electron chi connectivity index (χ0n) is 15.5. The summed E-state index contributed by atoms with van der Waals surface area (Å²) >= 11 is 0. The maximum atomic E-state index is 12.3. The fraction of sp³-hybridized carbons (Fsp3) is 0.182. The molecule has 1 N–H and O–H groups in total. The number of benzene rings is 3. The van der Waals surface area contributed by atoms with E-state index in [0.29, 0.717) is 30.5 Å². The summed E-state index contributed by atoms with van der Waals surface area (Å²) in [4.78, 5) is 12.3. The van der Waals surface area contributed by atoms with Gasteiger partial charge in [0, 0.05) is 5.56 Å². The molecule has 0 saturated heterocycles. The monoisotopic (exact) mass is 376 g/mol. The van der Waals surface area contributed by atoms with Crippen LogP contribution in [0.3, 0.4) is 0 Å². The van der Waals surface area contributed by atoms with E-state index in [-0.39, 0.29) is 12.3 Å². The number of rotatable bonds is 5. The predicted molar refractivity (Wildman–Crippen MR) is 107 cm³/mol. The van der Waals surface area contributed by atoms with Crippen molar-refractivity contribution < 1.29 is 19.0 Å². The molecule has 4 rings (SSSR count). The molecule has 1 amide bonds. The maximum Gasteiger partial charge on any atom is 0.244 e. The van der Waals surface area contributed by atoms with Gasteiger partial charge in [-0.2, -0.15) is 5.10 Å². The number of amides is 1. The number of nitrogens with one attached hydrogen (secondary N) is 1. The highest BCUT2D eigenvalue weighted by Gasteiger charge is 2.13. The standard InChI is InChI=1S/C22H20N2O4/c1-26-19-9-7-16-4-2-3-5-17(16)18(19)14-23-24-22(25)13-15-6-8-20-21(12-15)28-11-10-27-20/h2-9,12,14H,10-11,13H2,1H3,(H,24,25)/b23-14-. The molecule has 0 atom stereocenters. The Hall–Kier alpha value is -3.54. The number of hydrogen-bond donors (Lipinski definition) is 1. The van der Waals surface area contributed by atoms with Crippen LogP contribution >= 0.6 is 0 Å². The van der Waals surface area contributed by atoms with Crippen LogP contribution in [-0.4, -0.2) is 32.4 Å². The minimum absolute atomic E-state index is 0.195. The van der Waals surface area contributed by atoms with E-state index in [1.54, 1.807) is 13.3 Å². The number of carbonyl (C=O) groups excluding carboxylic acids is 1. The molecule has 0 spiro atoms. The minimum Gasteiger partial charge on any atom is -0.496 e. The van der Waals surface area contributed by atoms with E-state index < -0.39 is 0 Å². The van der Waals surface area contributed by atoms with E-state index in [0.717, 1.165) is 21.9 Å². The first-order chi connectivity index (χ1) is 13.7. The number of hydrazone groups is 1. The Kier molecular flexibility index (Phi) is 5.10. The molecule has 28 heavy (non-hydrogen) atoms. The van der Waals surface area contributed by atoms with Crippen molar-refractivity contribution in [1.82, 2.24) is 5.43 Å². The lowest BCUT2D eigenvalue weighted by Gasteiger charge is -2.18. The van der Waals surface area contributed by atoms with Crippen molar-refractivity contribution >= 4 is 22.9 Å². The van der Waals surface area contributed by atoms with Gasteiger partial charge >= 0.3 is 0 Å². The summed E-state index contributed by atoms with van der Waals surface area (Å²) in [5.41, 5.74) is 4.23. The second kappa shape index (κ2) is 8.00. The van der Waals surface area contributed by atoms with Gasteiger partial charge in [-0.25, -0.2) is 5.43 Å². The Balaban J connectivity index is 1.46. The molecule has 1 heterocycles. The average Bonchev–Trinajstić information content (AvgIpc) is 2.73. The zero-order chi connectivity index (χ0) is 19.3. The summed E-state index contributed by atoms with van der Waals surface area (Å²) in [7, 11) is 1.61. The van der Waals surface area contributed by atoms with Crippen molar-refractivity contribution in [3.05, 3.63) is 65.7 Å². The third kappa shape index (κ3) is 3.76. The van der Waals surface area contributed by atoms with E-state index in [1.165, 1.54) is 0 Å². The van der Waals surface area contributed by atoms with Crippen LogP contribution in [0.15, 0.2) is 59.7 Å². The number of hydrogen-bond acceptors (Lipinski definition) is 5. The smallest absolute Gasteiger partial charge is 0.244 e. The summed E-state index contributed by atoms with van der Waals surface area (Å²) in [6.45, 7) is 1.05. The topological polar surface area (TPSA) is 69.2 Å². The summed E-state index contributed by atoms with van der Waals surface area (Å²) in [5.74, 6) is 1.85. The van der Waals surface area contributed by atoms with Crippen LogP contribution in [0.5, 0.6) is 17.2 Å². The molecule has 0 aromatic heterocycles. The Morgan fingerprint density at radius 3 is 2.79 bits per heavy atom. The molecular formula is C22H20N2O4. The first-order valence-electron chi connectivity index (χ1n) is 9.01. The van der Waals surface area contributed by atoms with Crippen molar-refractivity contribution in [2.75, 3.05) is 20.3 Å². The van der Waals surface area contributed by atoms with Gasteiger partial charge in [0.2, 0.25) is 5.91 Å². The molecule has 142 valence electrons. The lowest BCUT2D eigenvalue weighted by molar-refractivity contribution is -0.120. The van der Waals surface area contributed by atoms with Crippen LogP contribution < -0.4 is 19.6 Å². The SMILES string of the molecule is COc1ccc2ccccc2c1/C=N\NC(=O)Cc1ccc2c(c1)OCCO2. The van der Waals surface area contributed by atoms with Crippen molar-refractivity contribution in [1.29, 1.82) is 0 Å². The van der Waals surface area contributed by atoms with E-state index in [2.05, 4.69) is 10.5 Å². The highest BCUT2D eigenvalue weighted by Crippen LogP contribution is 2.31. The molecule has 0 bridgehead atoms. The molecule has 0 fully saturated rings. The van der Waals surface area contributed by atoms with Gasteiger partial charge in [0.15, 0.2) is 11.5 Å². The first-order valence-corrected chi connectivity index (χ1v) is 9.01. The minimum atomic E-state index is -0.216. The third-order valence-electron chi connectivity index (χ3n) is 4.50. The van der Waals surface area contributed by atoms with Crippen LogP contribution in [0.25, 0.3) is 10.8 Å². The summed E-state index contributed by atoms with van der Waals surface area (Å²) in [6.07, 6.45) is 1.81. The van der Waals surface area contributed by atoms with E-state index in [1.807, 2.05) is 54.6 Å². The van der Waals surface area contributed by atoms with Gasteiger partial charge in [-0.1, -0.05) is 36.4 Å². The Morgan fingerprint density at radius 2 is 1.93 bits per heavy atom. The molecule has 3 aromatic rings. The largest absolute Gasteiger partial charge is 0.496 e. The number of fused-ring (bicyclic) bond motifs is 2. The fourth-order valence-corrected chi connectivity index (χ4v) is 3.18. The van der Waals surface area contributed by atoms with E-state index >= 15 is 0 Å². The van der Waals surface area contributed by atoms with Crippen molar-refractivity contribution in [3.8, 4) is 17.2 Å². The lowest BCUT2D eigenvalue weighted by Crippen LogP contribution is -2.20. The van der Waals surface area contributed by atoms with Crippen LogP contribution in [0, 0.1) is 0 Å². The number of carbonyl (C=O) groups is 1. The quantitative estimate of drug-likeness (QED) is 0.548. The molecule has 1 aliphatic heterocycles. The number of methoxy groups -OCH3 is 1. The van der Waals surface area contributed by atoms with E-state index in [9.17, 15) is 4.79 Å². The van der Waals surface area contributed by atoms with Gasteiger partial charge in [-0.3, -0.25) is 4.79 Å². The summed E-state index contributed by atoms with van der Waals surface area (Å²) in [5, 5.41) is 6.21. The molecule has 1 aliphatic rings. The van der Waals surface area contributed by atoms with Gasteiger partial charge in [0.25, 0.3) is 0 Å². The van der Waals surface area contributed by atoms with Crippen molar-refractivity contribution in [2.24, 2.45) is 5.10 Å². The molecular weight excluding hydrogens is 356 g/mol. The molecule has 0 unspecified atom stereocenters. The summed E-state index contributed by atoms with van der Waals surface area (Å²) in [6, 6.07) is 17.3. The zero-order valence-corrected chi connectivity index (χ0v) is 15.5. The van der Waals surface area contributed by atoms with Crippen LogP contribution in [0.2, 0.25) is 0 Å². The Labute approximate surface area is 162 Å². The van der Waals surface area contributed by atoms with Gasteiger partial charge in [-0.15, -0.1) is 0 Å². The van der Waals surface area contributed by atoms with E-state index in [4.69, 9.17) is 14.2 Å². The van der Waals surface area contributed by atoms with Gasteiger partial charge in [0.1, 0.15) is 19.0 Å². The van der Waals surface area contributed by atoms with Crippen LogP contribution in [0.1, 0.15) is 11.1 Å². The van der Waals surface area contributed by atoms with Gasteiger partial charge in [-0.05, 0) is 34.5 Å². The Morgan fingerprint density at radius 1 is 1.11 bits per heavy atom. The molecule has 6 heteroatoms. The highest BCUT2D eigenvalue weighted by molar-refractivity contribution is 6.02. The third-order valence-corrected chi connectivity index (χ3v) is 4.50. The summed E-state index contributed by atoms with van der Waals surface area (Å²) < 4.78 is 16.5. The second-order valence-electron chi connectivity index (χ2n) is 6.35. The number of ether oxygens (including phenoxy) is 3. The van der Waals surface area contributed by atoms with Crippen molar-refractivity contribution in [3.63, 3.8) is 0 Å². The lowest BCUT2D eigenvalue weighted by atomic mass is 10.0. The number of nitrogens with zero attached hydrogens (tertiary/aromatic N) is 1. The first kappa shape index (κ1) is 17.9. The highest BCUT2D eigenvalue weighted by atomic mass is 16.6. The maximum absolute atomic E-state index is 12.3. The van der Waals surface area contributed by atoms with Gasteiger partial charge < -0.3 is 14.2 Å². The van der Waals surface area contributed by atoms with Gasteiger partial charge in [0.05, 0.1) is 19.7 Å².